The Morgan fingerprint density at radius 2 is 2.30 bits per heavy atom. The van der Waals surface area contributed by atoms with Gasteiger partial charge in [0.15, 0.2) is 0 Å². The Bertz CT molecular complexity index is 492. The number of carboxylic acids is 1. The van der Waals surface area contributed by atoms with E-state index in [9.17, 15) is 15.0 Å². The maximum absolute atomic E-state index is 11.3. The molecule has 0 amide bonds. The summed E-state index contributed by atoms with van der Waals surface area (Å²) in [6, 6.07) is 4.21. The maximum Gasteiger partial charge on any atom is 0.322 e. The molecular formula is C14H20N2O4. The van der Waals surface area contributed by atoms with Crippen molar-refractivity contribution in [3.63, 3.8) is 0 Å². The van der Waals surface area contributed by atoms with E-state index < -0.39 is 12.0 Å². The van der Waals surface area contributed by atoms with Crippen LogP contribution in [0.5, 0.6) is 11.5 Å². The molecule has 6 heteroatoms. The third kappa shape index (κ3) is 2.86. The van der Waals surface area contributed by atoms with Gasteiger partial charge in [0.2, 0.25) is 0 Å². The van der Waals surface area contributed by atoms with E-state index in [2.05, 4.69) is 5.32 Å². The molecule has 1 heterocycles. The van der Waals surface area contributed by atoms with Gasteiger partial charge in [-0.1, -0.05) is 0 Å². The Morgan fingerprint density at radius 3 is 2.95 bits per heavy atom. The third-order valence-corrected chi connectivity index (χ3v) is 3.75. The average Bonchev–Trinajstić information content (AvgIpc) is 2.47. The number of piperazine rings is 1. The van der Waals surface area contributed by atoms with Gasteiger partial charge in [-0.3, -0.25) is 9.69 Å². The number of hydrogen-bond donors (Lipinski definition) is 3. The van der Waals surface area contributed by atoms with Gasteiger partial charge in [-0.05, 0) is 25.1 Å². The van der Waals surface area contributed by atoms with E-state index in [1.807, 2.05) is 11.8 Å². The van der Waals surface area contributed by atoms with Crippen LogP contribution in [0.25, 0.3) is 0 Å². The number of methoxy groups -OCH3 is 1. The summed E-state index contributed by atoms with van der Waals surface area (Å²) in [5, 5.41) is 22.4. The zero-order valence-corrected chi connectivity index (χ0v) is 11.7. The van der Waals surface area contributed by atoms with Gasteiger partial charge in [0, 0.05) is 31.2 Å². The smallest absolute Gasteiger partial charge is 0.322 e. The highest BCUT2D eigenvalue weighted by Gasteiger charge is 2.33. The second kappa shape index (κ2) is 6.11. The topological polar surface area (TPSA) is 82.0 Å². The summed E-state index contributed by atoms with van der Waals surface area (Å²) in [4.78, 5) is 13.2. The summed E-state index contributed by atoms with van der Waals surface area (Å²) in [7, 11) is 1.56. The van der Waals surface area contributed by atoms with E-state index in [-0.39, 0.29) is 11.8 Å². The first-order valence-electron chi connectivity index (χ1n) is 6.60. The fourth-order valence-corrected chi connectivity index (χ4v) is 2.59. The van der Waals surface area contributed by atoms with Crippen molar-refractivity contribution >= 4 is 5.97 Å². The number of aliphatic carboxylic acids is 1. The van der Waals surface area contributed by atoms with Gasteiger partial charge >= 0.3 is 5.97 Å². The number of nitrogens with one attached hydrogen (secondary N) is 1. The Balaban J connectivity index is 2.29. The molecule has 1 aromatic rings. The predicted octanol–water partition coefficient (Wildman–Crippen LogP) is 0.820. The first-order valence-corrected chi connectivity index (χ1v) is 6.60. The lowest BCUT2D eigenvalue weighted by Crippen LogP contribution is -2.55. The molecule has 0 aliphatic carbocycles. The summed E-state index contributed by atoms with van der Waals surface area (Å²) < 4.78 is 5.16. The maximum atomic E-state index is 11.3. The Kier molecular flexibility index (Phi) is 4.46. The highest BCUT2D eigenvalue weighted by Crippen LogP contribution is 2.33. The molecule has 0 saturated carbocycles. The van der Waals surface area contributed by atoms with E-state index >= 15 is 0 Å². The van der Waals surface area contributed by atoms with Crippen LogP contribution in [0.2, 0.25) is 0 Å². The SMILES string of the molecule is COc1ccc(O)c(C(C)N2CCNCC2C(=O)O)c1. The van der Waals surface area contributed by atoms with Crippen LogP contribution < -0.4 is 10.1 Å². The Hall–Kier alpha value is -1.79. The number of carboxylic acid groups (broad SMARTS) is 1. The number of hydrogen-bond acceptors (Lipinski definition) is 5. The number of phenols is 1. The van der Waals surface area contributed by atoms with Crippen LogP contribution in [0, 0.1) is 0 Å². The summed E-state index contributed by atoms with van der Waals surface area (Å²) in [5.41, 5.74) is 0.678. The molecule has 0 radical (unpaired) electrons. The molecular weight excluding hydrogens is 260 g/mol. The van der Waals surface area contributed by atoms with E-state index in [0.29, 0.717) is 24.4 Å². The standard InChI is InChI=1S/C14H20N2O4/c1-9(11-7-10(20-2)3-4-13(11)17)16-6-5-15-8-12(16)14(18)19/h3-4,7,9,12,15,17H,5-6,8H2,1-2H3,(H,18,19). The molecule has 1 fully saturated rings. The minimum atomic E-state index is -0.855. The third-order valence-electron chi connectivity index (χ3n) is 3.75. The van der Waals surface area contributed by atoms with Crippen LogP contribution >= 0.6 is 0 Å². The van der Waals surface area contributed by atoms with Crippen molar-refractivity contribution in [1.82, 2.24) is 10.2 Å². The van der Waals surface area contributed by atoms with Crippen LogP contribution in [-0.2, 0) is 4.79 Å². The molecule has 2 rings (SSSR count). The molecule has 1 aromatic carbocycles. The fraction of sp³-hybridized carbons (Fsp3) is 0.500. The van der Waals surface area contributed by atoms with Crippen molar-refractivity contribution in [3.05, 3.63) is 23.8 Å². The van der Waals surface area contributed by atoms with Crippen LogP contribution in [0.15, 0.2) is 18.2 Å². The highest BCUT2D eigenvalue weighted by molar-refractivity contribution is 5.74. The average molecular weight is 280 g/mol. The summed E-state index contributed by atoms with van der Waals surface area (Å²) >= 11 is 0. The molecule has 6 nitrogen and oxygen atoms in total. The number of benzene rings is 1. The van der Waals surface area contributed by atoms with Gasteiger partial charge < -0.3 is 20.3 Å². The molecule has 1 aliphatic rings. The van der Waals surface area contributed by atoms with Crippen LogP contribution in [-0.4, -0.2) is 53.9 Å². The van der Waals surface area contributed by atoms with Crippen molar-refractivity contribution in [1.29, 1.82) is 0 Å². The minimum Gasteiger partial charge on any atom is -0.508 e. The zero-order chi connectivity index (χ0) is 14.7. The van der Waals surface area contributed by atoms with Crippen LogP contribution in [0.4, 0.5) is 0 Å². The highest BCUT2D eigenvalue weighted by atomic mass is 16.5. The molecule has 110 valence electrons. The largest absolute Gasteiger partial charge is 0.508 e. The van der Waals surface area contributed by atoms with E-state index in [1.54, 1.807) is 25.3 Å². The van der Waals surface area contributed by atoms with E-state index in [1.165, 1.54) is 0 Å². The second-order valence-electron chi connectivity index (χ2n) is 4.90. The van der Waals surface area contributed by atoms with Gasteiger partial charge in [-0.2, -0.15) is 0 Å². The first kappa shape index (κ1) is 14.6. The molecule has 0 spiro atoms. The number of rotatable bonds is 4. The fourth-order valence-electron chi connectivity index (χ4n) is 2.59. The molecule has 2 atom stereocenters. The molecule has 1 aliphatic heterocycles. The molecule has 1 saturated heterocycles. The van der Waals surface area contributed by atoms with Gasteiger partial charge in [0.05, 0.1) is 7.11 Å². The lowest BCUT2D eigenvalue weighted by atomic mass is 10.0. The molecule has 0 bridgehead atoms. The van der Waals surface area contributed by atoms with Gasteiger partial charge in [-0.15, -0.1) is 0 Å². The molecule has 20 heavy (non-hydrogen) atoms. The lowest BCUT2D eigenvalue weighted by molar-refractivity contribution is -0.145. The number of nitrogens with zero attached hydrogens (tertiary/aromatic N) is 1. The number of carbonyl (C=O) groups is 1. The van der Waals surface area contributed by atoms with Crippen LogP contribution in [0.3, 0.4) is 0 Å². The Labute approximate surface area is 118 Å². The lowest BCUT2D eigenvalue weighted by Gasteiger charge is -2.38. The van der Waals surface area contributed by atoms with Crippen molar-refractivity contribution in [2.45, 2.75) is 19.0 Å². The first-order chi connectivity index (χ1) is 9.54. The van der Waals surface area contributed by atoms with Crippen molar-refractivity contribution in [3.8, 4) is 11.5 Å². The minimum absolute atomic E-state index is 0.154. The predicted molar refractivity (Wildman–Crippen MR) is 74.1 cm³/mol. The van der Waals surface area contributed by atoms with Crippen molar-refractivity contribution in [2.24, 2.45) is 0 Å². The van der Waals surface area contributed by atoms with E-state index in [4.69, 9.17) is 4.74 Å². The second-order valence-corrected chi connectivity index (χ2v) is 4.90. The summed E-state index contributed by atoms with van der Waals surface area (Å²) in [6.07, 6.45) is 0. The number of phenolic OH excluding ortho intramolecular Hbond substituents is 1. The summed E-state index contributed by atoms with van der Waals surface area (Å²) in [6.45, 7) is 3.66. The van der Waals surface area contributed by atoms with Crippen LogP contribution in [0.1, 0.15) is 18.5 Å². The normalized spacial score (nSPS) is 21.4. The zero-order valence-electron chi connectivity index (χ0n) is 11.7. The van der Waals surface area contributed by atoms with E-state index in [0.717, 1.165) is 6.54 Å². The molecule has 3 N–H and O–H groups in total. The molecule has 2 unspecified atom stereocenters. The quantitative estimate of drug-likeness (QED) is 0.757. The number of ether oxygens (including phenoxy) is 1. The monoisotopic (exact) mass is 280 g/mol. The van der Waals surface area contributed by atoms with Gasteiger partial charge in [0.1, 0.15) is 17.5 Å². The Morgan fingerprint density at radius 1 is 1.55 bits per heavy atom. The number of aromatic hydroxyl groups is 1. The van der Waals surface area contributed by atoms with Gasteiger partial charge in [0.25, 0.3) is 0 Å². The summed E-state index contributed by atoms with van der Waals surface area (Å²) in [5.74, 6) is -0.0564. The molecule has 0 aromatic heterocycles. The van der Waals surface area contributed by atoms with Crippen molar-refractivity contribution < 1.29 is 19.7 Å². The van der Waals surface area contributed by atoms with Gasteiger partial charge in [-0.25, -0.2) is 0 Å². The van der Waals surface area contributed by atoms with Crippen molar-refractivity contribution in [2.75, 3.05) is 26.7 Å².